The highest BCUT2D eigenvalue weighted by Gasteiger charge is 2.37. The van der Waals surface area contributed by atoms with Gasteiger partial charge in [-0.3, -0.25) is 9.59 Å². The molecule has 0 saturated heterocycles. The molecule has 0 aliphatic heterocycles. The highest BCUT2D eigenvalue weighted by Crippen LogP contribution is 2.35. The van der Waals surface area contributed by atoms with Gasteiger partial charge in [0.05, 0.1) is 5.92 Å². The van der Waals surface area contributed by atoms with Gasteiger partial charge in [-0.2, -0.15) is 0 Å². The molecule has 10 heavy (non-hydrogen) atoms. The predicted octanol–water partition coefficient (Wildman–Crippen LogP) is 0.863. The summed E-state index contributed by atoms with van der Waals surface area (Å²) in [5.74, 6) is -1.37. The van der Waals surface area contributed by atoms with Crippen LogP contribution in [0.3, 0.4) is 0 Å². The van der Waals surface area contributed by atoms with Crippen molar-refractivity contribution in [2.75, 3.05) is 0 Å². The minimum absolute atomic E-state index is 0.206. The third kappa shape index (κ3) is 1.29. The molecule has 56 valence electrons. The molecular formula is C6H7ClO3. The van der Waals surface area contributed by atoms with Gasteiger partial charge in [-0.25, -0.2) is 0 Å². The molecule has 1 fully saturated rings. The molecule has 0 radical (unpaired) electrons. The Morgan fingerprint density at radius 2 is 1.80 bits per heavy atom. The monoisotopic (exact) mass is 162 g/mol. The average molecular weight is 163 g/mol. The molecule has 0 spiro atoms. The molecule has 3 nitrogen and oxygen atoms in total. The lowest BCUT2D eigenvalue weighted by Crippen LogP contribution is -2.33. The summed E-state index contributed by atoms with van der Waals surface area (Å²) in [6.07, 6.45) is 0.829. The van der Waals surface area contributed by atoms with E-state index in [0.717, 1.165) is 0 Å². The van der Waals surface area contributed by atoms with E-state index in [-0.39, 0.29) is 11.8 Å². The second-order valence-electron chi connectivity index (χ2n) is 2.51. The van der Waals surface area contributed by atoms with Gasteiger partial charge >= 0.3 is 5.97 Å². The van der Waals surface area contributed by atoms with Gasteiger partial charge in [0.1, 0.15) is 0 Å². The lowest BCUT2D eigenvalue weighted by molar-refractivity contribution is -0.147. The second-order valence-corrected chi connectivity index (χ2v) is 2.88. The van der Waals surface area contributed by atoms with Gasteiger partial charge in [-0.15, -0.1) is 0 Å². The van der Waals surface area contributed by atoms with E-state index in [1.54, 1.807) is 0 Å². The summed E-state index contributed by atoms with van der Waals surface area (Å²) in [5.41, 5.74) is 0. The Hall–Kier alpha value is -0.570. The van der Waals surface area contributed by atoms with E-state index >= 15 is 0 Å². The number of hydrogen-bond acceptors (Lipinski definition) is 2. The Bertz CT molecular complexity index is 154. The molecule has 0 aromatic carbocycles. The first-order chi connectivity index (χ1) is 4.61. The predicted molar refractivity (Wildman–Crippen MR) is 34.7 cm³/mol. The van der Waals surface area contributed by atoms with Crippen LogP contribution in [0.2, 0.25) is 0 Å². The van der Waals surface area contributed by atoms with Crippen LogP contribution in [-0.4, -0.2) is 16.3 Å². The highest BCUT2D eigenvalue weighted by atomic mass is 35.5. The zero-order valence-corrected chi connectivity index (χ0v) is 5.97. The first kappa shape index (κ1) is 7.54. The molecule has 0 unspecified atom stereocenters. The van der Waals surface area contributed by atoms with E-state index < -0.39 is 11.2 Å². The molecule has 0 amide bonds. The van der Waals surface area contributed by atoms with Crippen molar-refractivity contribution in [1.29, 1.82) is 0 Å². The number of halogens is 1. The van der Waals surface area contributed by atoms with E-state index in [1.807, 2.05) is 0 Å². The van der Waals surface area contributed by atoms with Crippen LogP contribution in [0.4, 0.5) is 0 Å². The van der Waals surface area contributed by atoms with Crippen LogP contribution in [-0.2, 0) is 9.59 Å². The number of carbonyl (C=O) groups is 2. The summed E-state index contributed by atoms with van der Waals surface area (Å²) in [7, 11) is 0. The van der Waals surface area contributed by atoms with Crippen molar-refractivity contribution in [1.82, 2.24) is 0 Å². The number of carbonyl (C=O) groups excluding carboxylic acids is 1. The summed E-state index contributed by atoms with van der Waals surface area (Å²) >= 11 is 5.12. The third-order valence-electron chi connectivity index (χ3n) is 1.81. The second kappa shape index (κ2) is 2.58. The van der Waals surface area contributed by atoms with Gasteiger partial charge in [0.2, 0.25) is 5.24 Å². The summed E-state index contributed by atoms with van der Waals surface area (Å²) < 4.78 is 0. The fraction of sp³-hybridized carbons (Fsp3) is 0.667. The molecule has 0 aromatic heterocycles. The zero-order valence-electron chi connectivity index (χ0n) is 5.21. The van der Waals surface area contributed by atoms with E-state index in [0.29, 0.717) is 12.8 Å². The topological polar surface area (TPSA) is 54.4 Å². The minimum Gasteiger partial charge on any atom is -0.481 e. The molecule has 0 heterocycles. The van der Waals surface area contributed by atoms with Gasteiger partial charge in [-0.1, -0.05) is 0 Å². The number of hydrogen-bond donors (Lipinski definition) is 1. The fourth-order valence-corrected chi connectivity index (χ4v) is 1.18. The number of carboxylic acids is 1. The smallest absolute Gasteiger partial charge is 0.306 e. The van der Waals surface area contributed by atoms with Crippen molar-refractivity contribution in [3.8, 4) is 0 Å². The fourth-order valence-electron chi connectivity index (χ4n) is 1.00. The summed E-state index contributed by atoms with van der Waals surface area (Å²) in [6, 6.07) is 0. The van der Waals surface area contributed by atoms with Gasteiger partial charge in [-0.05, 0) is 24.4 Å². The van der Waals surface area contributed by atoms with E-state index in [2.05, 4.69) is 0 Å². The van der Waals surface area contributed by atoms with Gasteiger partial charge in [0.15, 0.2) is 0 Å². The first-order valence-electron chi connectivity index (χ1n) is 3.03. The van der Waals surface area contributed by atoms with Crippen LogP contribution >= 0.6 is 11.6 Å². The highest BCUT2D eigenvalue weighted by molar-refractivity contribution is 6.64. The molecule has 1 saturated carbocycles. The van der Waals surface area contributed by atoms with E-state index in [1.165, 1.54) is 0 Å². The molecule has 0 aromatic rings. The van der Waals surface area contributed by atoms with E-state index in [4.69, 9.17) is 16.7 Å². The van der Waals surface area contributed by atoms with Crippen molar-refractivity contribution in [2.45, 2.75) is 12.8 Å². The largest absolute Gasteiger partial charge is 0.481 e. The van der Waals surface area contributed by atoms with Crippen LogP contribution in [0.1, 0.15) is 12.8 Å². The maximum atomic E-state index is 10.4. The van der Waals surface area contributed by atoms with Crippen LogP contribution in [0.15, 0.2) is 0 Å². The van der Waals surface area contributed by atoms with Crippen LogP contribution < -0.4 is 0 Å². The Kier molecular flexibility index (Phi) is 1.94. The SMILES string of the molecule is O=C(O)C1CC(C(=O)Cl)C1. The Labute approximate surface area is 63.0 Å². The molecule has 0 atom stereocenters. The summed E-state index contributed by atoms with van der Waals surface area (Å²) in [6.45, 7) is 0. The Morgan fingerprint density at radius 1 is 1.30 bits per heavy atom. The van der Waals surface area contributed by atoms with Gasteiger partial charge < -0.3 is 5.11 Å². The standard InChI is InChI=1S/C6H7ClO3/c7-5(8)3-1-4(2-3)6(9)10/h3-4H,1-2H2,(H,9,10). The number of rotatable bonds is 2. The first-order valence-corrected chi connectivity index (χ1v) is 3.41. The number of aliphatic carboxylic acids is 1. The zero-order chi connectivity index (χ0) is 7.72. The molecule has 1 N–H and O–H groups in total. The van der Waals surface area contributed by atoms with Gasteiger partial charge in [0.25, 0.3) is 0 Å². The Morgan fingerprint density at radius 3 is 2.10 bits per heavy atom. The van der Waals surface area contributed by atoms with Crippen molar-refractivity contribution in [3.05, 3.63) is 0 Å². The van der Waals surface area contributed by atoms with Crippen molar-refractivity contribution in [2.24, 2.45) is 11.8 Å². The molecule has 4 heteroatoms. The molecule has 1 aliphatic rings. The molecule has 1 rings (SSSR count). The molecule has 0 bridgehead atoms. The third-order valence-corrected chi connectivity index (χ3v) is 2.12. The van der Waals surface area contributed by atoms with Crippen LogP contribution in [0, 0.1) is 11.8 Å². The average Bonchev–Trinajstić information content (AvgIpc) is 1.56. The van der Waals surface area contributed by atoms with E-state index in [9.17, 15) is 9.59 Å². The normalized spacial score (nSPS) is 30.9. The van der Waals surface area contributed by atoms with Crippen LogP contribution in [0.25, 0.3) is 0 Å². The minimum atomic E-state index is -0.825. The summed E-state index contributed by atoms with van der Waals surface area (Å²) in [5, 5.41) is 7.97. The number of carboxylic acid groups (broad SMARTS) is 1. The van der Waals surface area contributed by atoms with Crippen molar-refractivity contribution >= 4 is 22.8 Å². The maximum Gasteiger partial charge on any atom is 0.306 e. The molecule has 1 aliphatic carbocycles. The molecular weight excluding hydrogens is 156 g/mol. The van der Waals surface area contributed by atoms with Crippen molar-refractivity contribution in [3.63, 3.8) is 0 Å². The maximum absolute atomic E-state index is 10.4. The van der Waals surface area contributed by atoms with Crippen molar-refractivity contribution < 1.29 is 14.7 Å². The summed E-state index contributed by atoms with van der Waals surface area (Å²) in [4.78, 5) is 20.6. The van der Waals surface area contributed by atoms with Crippen LogP contribution in [0.5, 0.6) is 0 Å². The quantitative estimate of drug-likeness (QED) is 0.613. The lowest BCUT2D eigenvalue weighted by Gasteiger charge is -2.28. The van der Waals surface area contributed by atoms with Gasteiger partial charge in [0, 0.05) is 5.92 Å². The Balaban J connectivity index is 2.31. The lowest BCUT2D eigenvalue weighted by atomic mass is 9.76.